The van der Waals surface area contributed by atoms with Crippen molar-refractivity contribution in [3.05, 3.63) is 54.1 Å². The van der Waals surface area contributed by atoms with Gasteiger partial charge in [0.05, 0.1) is 13.5 Å². The Morgan fingerprint density at radius 1 is 1.15 bits per heavy atom. The minimum Gasteiger partial charge on any atom is -0.469 e. The van der Waals surface area contributed by atoms with Crippen molar-refractivity contribution in [3.8, 4) is 0 Å². The second-order valence-electron chi connectivity index (χ2n) is 4.66. The smallest absolute Gasteiger partial charge is 0.309 e. The van der Waals surface area contributed by atoms with Crippen LogP contribution >= 0.6 is 0 Å². The second kappa shape index (κ2) is 5.21. The Morgan fingerprint density at radius 2 is 1.95 bits per heavy atom. The number of hydrogen-bond acceptors (Lipinski definition) is 2. The number of aromatic nitrogens is 1. The SMILES string of the molecule is COC(=O)CC=Cc1ccc2c(c1)[nH]c1ccccc12. The number of methoxy groups -OCH3 is 1. The highest BCUT2D eigenvalue weighted by Crippen LogP contribution is 2.26. The van der Waals surface area contributed by atoms with Crippen LogP contribution in [0.2, 0.25) is 0 Å². The second-order valence-corrected chi connectivity index (χ2v) is 4.66. The van der Waals surface area contributed by atoms with E-state index in [1.54, 1.807) is 0 Å². The molecule has 1 N–H and O–H groups in total. The van der Waals surface area contributed by atoms with Crippen molar-refractivity contribution >= 4 is 33.9 Å². The van der Waals surface area contributed by atoms with Crippen LogP contribution < -0.4 is 0 Å². The summed E-state index contributed by atoms with van der Waals surface area (Å²) in [6.07, 6.45) is 4.04. The van der Waals surface area contributed by atoms with Crippen LogP contribution in [0.5, 0.6) is 0 Å². The van der Waals surface area contributed by atoms with Gasteiger partial charge < -0.3 is 9.72 Å². The van der Waals surface area contributed by atoms with E-state index in [1.165, 1.54) is 17.9 Å². The molecule has 0 aliphatic rings. The molecule has 0 bridgehead atoms. The molecule has 3 rings (SSSR count). The minimum atomic E-state index is -0.229. The molecular weight excluding hydrogens is 250 g/mol. The van der Waals surface area contributed by atoms with Gasteiger partial charge in [-0.1, -0.05) is 42.5 Å². The van der Waals surface area contributed by atoms with Crippen LogP contribution in [0.4, 0.5) is 0 Å². The largest absolute Gasteiger partial charge is 0.469 e. The number of hydrogen-bond donors (Lipinski definition) is 1. The number of esters is 1. The molecular formula is C17H15NO2. The van der Waals surface area contributed by atoms with E-state index >= 15 is 0 Å². The molecule has 0 aliphatic heterocycles. The zero-order chi connectivity index (χ0) is 13.9. The molecule has 3 nitrogen and oxygen atoms in total. The maximum Gasteiger partial charge on any atom is 0.309 e. The summed E-state index contributed by atoms with van der Waals surface area (Å²) >= 11 is 0. The number of fused-ring (bicyclic) bond motifs is 3. The summed E-state index contributed by atoms with van der Waals surface area (Å²) in [6.45, 7) is 0. The van der Waals surface area contributed by atoms with Gasteiger partial charge in [-0.05, 0) is 17.7 Å². The first-order chi connectivity index (χ1) is 9.78. The third-order valence-corrected chi connectivity index (χ3v) is 3.35. The van der Waals surface area contributed by atoms with E-state index in [-0.39, 0.29) is 5.97 Å². The molecule has 3 heteroatoms. The lowest BCUT2D eigenvalue weighted by Crippen LogP contribution is -1.96. The van der Waals surface area contributed by atoms with E-state index in [0.29, 0.717) is 6.42 Å². The monoisotopic (exact) mass is 265 g/mol. The molecule has 0 saturated heterocycles. The fraction of sp³-hybridized carbons (Fsp3) is 0.118. The fourth-order valence-electron chi connectivity index (χ4n) is 2.35. The lowest BCUT2D eigenvalue weighted by molar-refractivity contribution is -0.139. The highest BCUT2D eigenvalue weighted by atomic mass is 16.5. The van der Waals surface area contributed by atoms with Gasteiger partial charge >= 0.3 is 5.97 Å². The summed E-state index contributed by atoms with van der Waals surface area (Å²) in [7, 11) is 1.40. The molecule has 1 aromatic heterocycles. The van der Waals surface area contributed by atoms with Gasteiger partial charge in [-0.3, -0.25) is 4.79 Å². The number of nitrogens with one attached hydrogen (secondary N) is 1. The van der Waals surface area contributed by atoms with Crippen LogP contribution in [0.15, 0.2) is 48.5 Å². The summed E-state index contributed by atoms with van der Waals surface area (Å²) in [5.74, 6) is -0.229. The topological polar surface area (TPSA) is 42.1 Å². The molecule has 0 spiro atoms. The quantitative estimate of drug-likeness (QED) is 0.730. The van der Waals surface area contributed by atoms with Crippen molar-refractivity contribution in [2.24, 2.45) is 0 Å². The van der Waals surface area contributed by atoms with E-state index in [2.05, 4.69) is 40.1 Å². The van der Waals surface area contributed by atoms with Crippen LogP contribution in [0.3, 0.4) is 0 Å². The average molecular weight is 265 g/mol. The summed E-state index contributed by atoms with van der Waals surface area (Å²) < 4.78 is 4.60. The molecule has 0 radical (unpaired) electrons. The molecule has 3 aromatic rings. The number of ether oxygens (including phenoxy) is 1. The molecule has 0 aliphatic carbocycles. The summed E-state index contributed by atoms with van der Waals surface area (Å²) in [5, 5.41) is 2.44. The van der Waals surface area contributed by atoms with E-state index in [9.17, 15) is 4.79 Å². The van der Waals surface area contributed by atoms with Gasteiger partial charge in [0.15, 0.2) is 0 Å². The zero-order valence-electron chi connectivity index (χ0n) is 11.2. The summed E-state index contributed by atoms with van der Waals surface area (Å²) in [6, 6.07) is 14.5. The van der Waals surface area contributed by atoms with Crippen LogP contribution in [0, 0.1) is 0 Å². The molecule has 0 fully saturated rings. The van der Waals surface area contributed by atoms with Gasteiger partial charge in [-0.25, -0.2) is 0 Å². The van der Waals surface area contributed by atoms with Crippen molar-refractivity contribution in [1.29, 1.82) is 0 Å². The minimum absolute atomic E-state index is 0.229. The van der Waals surface area contributed by atoms with E-state index in [4.69, 9.17) is 0 Å². The van der Waals surface area contributed by atoms with Gasteiger partial charge in [0, 0.05) is 21.8 Å². The van der Waals surface area contributed by atoms with E-state index in [1.807, 2.05) is 24.3 Å². The van der Waals surface area contributed by atoms with Gasteiger partial charge in [0.2, 0.25) is 0 Å². The summed E-state index contributed by atoms with van der Waals surface area (Å²) in [5.41, 5.74) is 3.30. The number of rotatable bonds is 3. The molecule has 0 atom stereocenters. The molecule has 0 amide bonds. The number of carbonyl (C=O) groups is 1. The first kappa shape index (κ1) is 12.5. The highest BCUT2D eigenvalue weighted by molar-refractivity contribution is 6.07. The Hall–Kier alpha value is -2.55. The molecule has 100 valence electrons. The molecule has 0 saturated carbocycles. The lowest BCUT2D eigenvalue weighted by atomic mass is 10.1. The Labute approximate surface area is 116 Å². The highest BCUT2D eigenvalue weighted by Gasteiger charge is 2.03. The predicted octanol–water partition coefficient (Wildman–Crippen LogP) is 3.90. The number of aromatic amines is 1. The van der Waals surface area contributed by atoms with E-state index in [0.717, 1.165) is 16.6 Å². The van der Waals surface area contributed by atoms with Crippen molar-refractivity contribution in [3.63, 3.8) is 0 Å². The molecule has 1 heterocycles. The van der Waals surface area contributed by atoms with Gasteiger partial charge in [-0.2, -0.15) is 0 Å². The third-order valence-electron chi connectivity index (χ3n) is 3.35. The van der Waals surface area contributed by atoms with Crippen molar-refractivity contribution in [2.45, 2.75) is 6.42 Å². The Morgan fingerprint density at radius 3 is 2.80 bits per heavy atom. The number of benzene rings is 2. The van der Waals surface area contributed by atoms with Crippen molar-refractivity contribution in [1.82, 2.24) is 4.98 Å². The Balaban J connectivity index is 1.94. The molecule has 2 aromatic carbocycles. The number of para-hydroxylation sites is 1. The van der Waals surface area contributed by atoms with Crippen molar-refractivity contribution < 1.29 is 9.53 Å². The Bertz CT molecular complexity index is 799. The van der Waals surface area contributed by atoms with Crippen LogP contribution in [0.25, 0.3) is 27.9 Å². The average Bonchev–Trinajstić information content (AvgIpc) is 2.84. The van der Waals surface area contributed by atoms with Crippen molar-refractivity contribution in [2.75, 3.05) is 7.11 Å². The zero-order valence-corrected chi connectivity index (χ0v) is 11.2. The standard InChI is InChI=1S/C17H15NO2/c1-20-17(19)8-4-5-12-9-10-14-13-6-2-3-7-15(13)18-16(14)11-12/h2-7,9-11,18H,8H2,1H3. The normalized spacial score (nSPS) is 11.4. The number of H-pyrrole nitrogens is 1. The van der Waals surface area contributed by atoms with E-state index < -0.39 is 0 Å². The Kier molecular flexibility index (Phi) is 3.25. The van der Waals surface area contributed by atoms with Gasteiger partial charge in [-0.15, -0.1) is 0 Å². The van der Waals surface area contributed by atoms with Crippen LogP contribution in [0.1, 0.15) is 12.0 Å². The van der Waals surface area contributed by atoms with Gasteiger partial charge in [0.1, 0.15) is 0 Å². The first-order valence-electron chi connectivity index (χ1n) is 6.52. The maximum absolute atomic E-state index is 11.1. The van der Waals surface area contributed by atoms with Crippen LogP contribution in [-0.4, -0.2) is 18.1 Å². The number of carbonyl (C=O) groups excluding carboxylic acids is 1. The fourth-order valence-corrected chi connectivity index (χ4v) is 2.35. The lowest BCUT2D eigenvalue weighted by Gasteiger charge is -1.96. The molecule has 0 unspecified atom stereocenters. The maximum atomic E-state index is 11.1. The molecule has 20 heavy (non-hydrogen) atoms. The predicted molar refractivity (Wildman–Crippen MR) is 81.5 cm³/mol. The summed E-state index contributed by atoms with van der Waals surface area (Å²) in [4.78, 5) is 14.5. The van der Waals surface area contributed by atoms with Gasteiger partial charge in [0.25, 0.3) is 0 Å². The van der Waals surface area contributed by atoms with Crippen LogP contribution in [-0.2, 0) is 9.53 Å². The first-order valence-corrected chi connectivity index (χ1v) is 6.52. The third kappa shape index (κ3) is 2.30.